The van der Waals surface area contributed by atoms with Crippen molar-refractivity contribution in [2.45, 2.75) is 74.7 Å². The zero-order valence-corrected chi connectivity index (χ0v) is 16.6. The van der Waals surface area contributed by atoms with Gasteiger partial charge in [-0.25, -0.2) is 0 Å². The Kier molecular flexibility index (Phi) is 4.86. The lowest BCUT2D eigenvalue weighted by Crippen LogP contribution is -2.37. The van der Waals surface area contributed by atoms with Crippen LogP contribution in [0.25, 0.3) is 0 Å². The van der Waals surface area contributed by atoms with Crippen molar-refractivity contribution in [2.24, 2.45) is 22.2 Å². The third-order valence-electron chi connectivity index (χ3n) is 5.67. The van der Waals surface area contributed by atoms with Crippen LogP contribution in [0.15, 0.2) is 47.1 Å². The maximum atomic E-state index is 2.54. The minimum absolute atomic E-state index is 0.206. The summed E-state index contributed by atoms with van der Waals surface area (Å²) in [5, 5.41) is 0. The average Bonchev–Trinajstić information content (AvgIpc) is 2.89. The highest BCUT2D eigenvalue weighted by molar-refractivity contribution is 5.42. The van der Waals surface area contributed by atoms with Crippen molar-refractivity contribution >= 4 is 0 Å². The highest BCUT2D eigenvalue weighted by Gasteiger charge is 2.44. The Hall–Kier alpha value is -1.04. The van der Waals surface area contributed by atoms with Gasteiger partial charge in [0.1, 0.15) is 0 Å². The fourth-order valence-corrected chi connectivity index (χ4v) is 4.17. The maximum absolute atomic E-state index is 2.54. The standard InChI is InChI=1S/C23H36/c1-17(2)23(16-18-11-9-10-12-18)14-13-19(21(3,4)5)15-20(23)22(6,7)8/h9,11-13,15,17H,10,14,16H2,1-8H3. The molecule has 0 aromatic carbocycles. The summed E-state index contributed by atoms with van der Waals surface area (Å²) in [5.41, 5.74) is 5.38. The van der Waals surface area contributed by atoms with E-state index in [-0.39, 0.29) is 16.2 Å². The summed E-state index contributed by atoms with van der Waals surface area (Å²) in [7, 11) is 0. The van der Waals surface area contributed by atoms with Gasteiger partial charge in [-0.05, 0) is 41.6 Å². The zero-order valence-electron chi connectivity index (χ0n) is 16.6. The smallest absolute Gasteiger partial charge is 0.00182 e. The van der Waals surface area contributed by atoms with Crippen LogP contribution in [0.3, 0.4) is 0 Å². The van der Waals surface area contributed by atoms with Crippen LogP contribution >= 0.6 is 0 Å². The van der Waals surface area contributed by atoms with Crippen LogP contribution in [0.1, 0.15) is 74.7 Å². The first kappa shape index (κ1) is 18.3. The first-order valence-corrected chi connectivity index (χ1v) is 9.26. The molecule has 0 aromatic rings. The van der Waals surface area contributed by atoms with Gasteiger partial charge in [0, 0.05) is 5.41 Å². The SMILES string of the molecule is CC(C)C1(CC2=CCC=C2)CC=C(C(C)(C)C)C=C1C(C)(C)C. The summed E-state index contributed by atoms with van der Waals surface area (Å²) in [6, 6.07) is 0. The molecule has 0 N–H and O–H groups in total. The lowest BCUT2D eigenvalue weighted by atomic mass is 9.56. The van der Waals surface area contributed by atoms with Crippen LogP contribution in [-0.2, 0) is 0 Å². The monoisotopic (exact) mass is 312 g/mol. The van der Waals surface area contributed by atoms with Gasteiger partial charge in [0.2, 0.25) is 0 Å². The largest absolute Gasteiger partial charge is 0.0805 e. The Morgan fingerprint density at radius 1 is 1.00 bits per heavy atom. The molecule has 0 heteroatoms. The molecule has 1 unspecified atom stereocenters. The fourth-order valence-electron chi connectivity index (χ4n) is 4.17. The van der Waals surface area contributed by atoms with E-state index in [0.717, 1.165) is 6.42 Å². The molecule has 23 heavy (non-hydrogen) atoms. The van der Waals surface area contributed by atoms with Gasteiger partial charge >= 0.3 is 0 Å². The van der Waals surface area contributed by atoms with E-state index in [1.165, 1.54) is 24.0 Å². The van der Waals surface area contributed by atoms with E-state index in [2.05, 4.69) is 85.8 Å². The van der Waals surface area contributed by atoms with E-state index in [9.17, 15) is 0 Å². The lowest BCUT2D eigenvalue weighted by molar-refractivity contribution is 0.196. The number of allylic oxidation sites excluding steroid dienone is 8. The molecule has 128 valence electrons. The van der Waals surface area contributed by atoms with Gasteiger partial charge in [0.15, 0.2) is 0 Å². The lowest BCUT2D eigenvalue weighted by Gasteiger charge is -2.48. The van der Waals surface area contributed by atoms with Crippen molar-refractivity contribution in [2.75, 3.05) is 0 Å². The quantitative estimate of drug-likeness (QED) is 0.514. The third kappa shape index (κ3) is 3.73. The Morgan fingerprint density at radius 2 is 1.65 bits per heavy atom. The second kappa shape index (κ2) is 6.11. The van der Waals surface area contributed by atoms with E-state index in [1.807, 2.05) is 0 Å². The minimum Gasteiger partial charge on any atom is -0.0805 e. The van der Waals surface area contributed by atoms with Gasteiger partial charge in [-0.1, -0.05) is 96.9 Å². The first-order valence-electron chi connectivity index (χ1n) is 9.26. The molecule has 0 aliphatic heterocycles. The highest BCUT2D eigenvalue weighted by atomic mass is 14.5. The van der Waals surface area contributed by atoms with Gasteiger partial charge in [0.25, 0.3) is 0 Å². The molecule has 0 heterocycles. The number of rotatable bonds is 3. The zero-order chi connectivity index (χ0) is 17.5. The predicted molar refractivity (Wildman–Crippen MR) is 103 cm³/mol. The molecule has 0 aromatic heterocycles. The average molecular weight is 313 g/mol. The molecule has 2 aliphatic rings. The highest BCUT2D eigenvalue weighted by Crippen LogP contribution is 2.55. The normalized spacial score (nSPS) is 25.5. The first-order chi connectivity index (χ1) is 10.5. The van der Waals surface area contributed by atoms with Crippen LogP contribution < -0.4 is 0 Å². The molecule has 0 spiro atoms. The fraction of sp³-hybridized carbons (Fsp3) is 0.652. The second-order valence-corrected chi connectivity index (χ2v) is 9.83. The number of hydrogen-bond acceptors (Lipinski definition) is 0. The summed E-state index contributed by atoms with van der Waals surface area (Å²) in [5.74, 6) is 0.639. The molecule has 0 saturated carbocycles. The van der Waals surface area contributed by atoms with Crippen LogP contribution in [0.2, 0.25) is 0 Å². The summed E-state index contributed by atoms with van der Waals surface area (Å²) in [4.78, 5) is 0. The summed E-state index contributed by atoms with van der Waals surface area (Å²) in [6.07, 6.45) is 15.6. The molecular weight excluding hydrogens is 276 g/mol. The van der Waals surface area contributed by atoms with E-state index in [4.69, 9.17) is 0 Å². The van der Waals surface area contributed by atoms with E-state index >= 15 is 0 Å². The van der Waals surface area contributed by atoms with Crippen LogP contribution in [-0.4, -0.2) is 0 Å². The molecule has 1 atom stereocenters. The van der Waals surface area contributed by atoms with Gasteiger partial charge in [-0.2, -0.15) is 0 Å². The van der Waals surface area contributed by atoms with Crippen molar-refractivity contribution < 1.29 is 0 Å². The van der Waals surface area contributed by atoms with Gasteiger partial charge < -0.3 is 0 Å². The Labute approximate surface area is 144 Å². The molecule has 2 rings (SSSR count). The predicted octanol–water partition coefficient (Wildman–Crippen LogP) is 7.25. The molecule has 2 aliphatic carbocycles. The minimum atomic E-state index is 0.206. The van der Waals surface area contributed by atoms with Gasteiger partial charge in [0.05, 0.1) is 0 Å². The van der Waals surface area contributed by atoms with Gasteiger partial charge in [-0.3, -0.25) is 0 Å². The van der Waals surface area contributed by atoms with E-state index < -0.39 is 0 Å². The Morgan fingerprint density at radius 3 is 2.09 bits per heavy atom. The van der Waals surface area contributed by atoms with Gasteiger partial charge in [-0.15, -0.1) is 0 Å². The number of hydrogen-bond donors (Lipinski definition) is 0. The molecule has 0 amide bonds. The van der Waals surface area contributed by atoms with Crippen LogP contribution in [0, 0.1) is 22.2 Å². The summed E-state index contributed by atoms with van der Waals surface area (Å²) >= 11 is 0. The van der Waals surface area contributed by atoms with Crippen molar-refractivity contribution in [3.05, 3.63) is 47.1 Å². The van der Waals surface area contributed by atoms with E-state index in [1.54, 1.807) is 5.57 Å². The van der Waals surface area contributed by atoms with Crippen molar-refractivity contribution in [3.63, 3.8) is 0 Å². The molecule has 0 bridgehead atoms. The maximum Gasteiger partial charge on any atom is 0.00182 e. The second-order valence-electron chi connectivity index (χ2n) is 9.83. The molecule has 0 radical (unpaired) electrons. The Balaban J connectivity index is 2.51. The molecule has 0 fully saturated rings. The van der Waals surface area contributed by atoms with Crippen molar-refractivity contribution in [1.82, 2.24) is 0 Å². The Bertz CT molecular complexity index is 564. The van der Waals surface area contributed by atoms with Crippen molar-refractivity contribution in [1.29, 1.82) is 0 Å². The summed E-state index contributed by atoms with van der Waals surface area (Å²) < 4.78 is 0. The molecule has 0 saturated heterocycles. The van der Waals surface area contributed by atoms with E-state index in [0.29, 0.717) is 5.92 Å². The van der Waals surface area contributed by atoms with Crippen LogP contribution in [0.4, 0.5) is 0 Å². The third-order valence-corrected chi connectivity index (χ3v) is 5.67. The summed E-state index contributed by atoms with van der Waals surface area (Å²) in [6.45, 7) is 19.0. The topological polar surface area (TPSA) is 0 Å². The molecule has 0 nitrogen and oxygen atoms in total. The molecular formula is C23H36. The van der Waals surface area contributed by atoms with Crippen LogP contribution in [0.5, 0.6) is 0 Å². The van der Waals surface area contributed by atoms with Crippen molar-refractivity contribution in [3.8, 4) is 0 Å².